The number of rotatable bonds is 2. The van der Waals surface area contributed by atoms with Crippen molar-refractivity contribution < 1.29 is 15.0 Å². The second-order valence-corrected chi connectivity index (χ2v) is 5.13. The molecule has 2 N–H and O–H groups in total. The van der Waals surface area contributed by atoms with Crippen LogP contribution < -0.4 is 0 Å². The van der Waals surface area contributed by atoms with E-state index < -0.39 is 11.4 Å². The topological polar surface area (TPSA) is 57.5 Å². The van der Waals surface area contributed by atoms with E-state index >= 15 is 0 Å². The van der Waals surface area contributed by atoms with Crippen LogP contribution >= 0.6 is 0 Å². The Kier molecular flexibility index (Phi) is 1.44. The van der Waals surface area contributed by atoms with Crippen LogP contribution in [0.4, 0.5) is 0 Å². The maximum absolute atomic E-state index is 11.2. The number of hydrogen-bond donors (Lipinski definition) is 2. The molecule has 0 saturated heterocycles. The highest BCUT2D eigenvalue weighted by atomic mass is 16.4. The molecule has 13 heavy (non-hydrogen) atoms. The van der Waals surface area contributed by atoms with Gasteiger partial charge in [0.05, 0.1) is 5.41 Å². The molecule has 2 atom stereocenters. The lowest BCUT2D eigenvalue weighted by molar-refractivity contribution is -0.194. The summed E-state index contributed by atoms with van der Waals surface area (Å²) in [6.07, 6.45) is 2.26. The number of hydrogen-bond acceptors (Lipinski definition) is 2. The van der Waals surface area contributed by atoms with Crippen molar-refractivity contribution in [1.29, 1.82) is 0 Å². The Morgan fingerprint density at radius 3 is 2.23 bits per heavy atom. The lowest BCUT2D eigenvalue weighted by atomic mass is 9.43. The van der Waals surface area contributed by atoms with Crippen LogP contribution in [0.2, 0.25) is 0 Å². The van der Waals surface area contributed by atoms with E-state index in [1.54, 1.807) is 0 Å². The van der Waals surface area contributed by atoms with Crippen LogP contribution in [0.5, 0.6) is 0 Å². The van der Waals surface area contributed by atoms with E-state index in [0.29, 0.717) is 6.42 Å². The molecule has 0 radical (unpaired) electrons. The van der Waals surface area contributed by atoms with Crippen LogP contribution in [-0.2, 0) is 4.79 Å². The highest BCUT2D eigenvalue weighted by molar-refractivity contribution is 5.79. The minimum atomic E-state index is -0.681. The van der Waals surface area contributed by atoms with Gasteiger partial charge in [-0.1, -0.05) is 13.8 Å². The quantitative estimate of drug-likeness (QED) is 0.679. The number of carboxylic acids is 1. The molecule has 0 aromatic rings. The Morgan fingerprint density at radius 1 is 1.38 bits per heavy atom. The van der Waals surface area contributed by atoms with Crippen molar-refractivity contribution >= 4 is 5.97 Å². The zero-order chi connectivity index (χ0) is 9.91. The summed E-state index contributed by atoms with van der Waals surface area (Å²) in [6, 6.07) is 0. The van der Waals surface area contributed by atoms with E-state index in [1.807, 2.05) is 13.8 Å². The van der Waals surface area contributed by atoms with Crippen LogP contribution in [0.3, 0.4) is 0 Å². The largest absolute Gasteiger partial charge is 0.481 e. The highest BCUT2D eigenvalue weighted by Crippen LogP contribution is 2.77. The maximum atomic E-state index is 11.2. The van der Waals surface area contributed by atoms with Gasteiger partial charge in [0.15, 0.2) is 0 Å². The molecule has 0 unspecified atom stereocenters. The van der Waals surface area contributed by atoms with Gasteiger partial charge in [-0.2, -0.15) is 0 Å². The molecule has 0 aliphatic heterocycles. The Balaban J connectivity index is 2.38. The second-order valence-electron chi connectivity index (χ2n) is 5.13. The average molecular weight is 184 g/mol. The number of fused-ring (bicyclic) bond motifs is 1. The number of carbonyl (C=O) groups is 1. The lowest BCUT2D eigenvalue weighted by Crippen LogP contribution is -2.61. The van der Waals surface area contributed by atoms with E-state index in [1.165, 1.54) is 0 Å². The van der Waals surface area contributed by atoms with Gasteiger partial charge in [0.1, 0.15) is 0 Å². The van der Waals surface area contributed by atoms with Crippen molar-refractivity contribution in [2.45, 2.75) is 33.1 Å². The van der Waals surface area contributed by atoms with Gasteiger partial charge in [0.25, 0.3) is 0 Å². The third-order valence-corrected chi connectivity index (χ3v) is 4.90. The van der Waals surface area contributed by atoms with Gasteiger partial charge in [-0.05, 0) is 24.7 Å². The monoisotopic (exact) mass is 184 g/mol. The van der Waals surface area contributed by atoms with Gasteiger partial charge in [0, 0.05) is 12.0 Å². The summed E-state index contributed by atoms with van der Waals surface area (Å²) in [5.41, 5.74) is -0.887. The van der Waals surface area contributed by atoms with Gasteiger partial charge >= 0.3 is 5.97 Å². The van der Waals surface area contributed by atoms with Crippen LogP contribution in [0.25, 0.3) is 0 Å². The van der Waals surface area contributed by atoms with E-state index in [2.05, 4.69) is 0 Å². The first-order valence-corrected chi connectivity index (χ1v) is 4.76. The predicted octanol–water partition coefficient (Wildman–Crippen LogP) is 1.26. The van der Waals surface area contributed by atoms with Gasteiger partial charge in [0.2, 0.25) is 0 Å². The van der Waals surface area contributed by atoms with Gasteiger partial charge in [-0.25, -0.2) is 0 Å². The summed E-state index contributed by atoms with van der Waals surface area (Å²) in [4.78, 5) is 11.2. The molecule has 0 spiro atoms. The van der Waals surface area contributed by atoms with E-state index in [9.17, 15) is 15.0 Å². The Morgan fingerprint density at radius 2 is 2.00 bits per heavy atom. The fourth-order valence-corrected chi connectivity index (χ4v) is 3.46. The molecule has 0 heterocycles. The number of aliphatic hydroxyl groups is 1. The predicted molar refractivity (Wildman–Crippen MR) is 47.2 cm³/mol. The van der Waals surface area contributed by atoms with Crippen LogP contribution in [0, 0.1) is 16.2 Å². The van der Waals surface area contributed by atoms with E-state index in [4.69, 9.17) is 0 Å². The van der Waals surface area contributed by atoms with Crippen molar-refractivity contribution in [2.24, 2.45) is 16.2 Å². The van der Waals surface area contributed by atoms with Crippen LogP contribution in [0.15, 0.2) is 0 Å². The molecule has 0 aromatic heterocycles. The maximum Gasteiger partial charge on any atom is 0.310 e. The molecule has 3 heteroatoms. The first-order valence-electron chi connectivity index (χ1n) is 4.76. The van der Waals surface area contributed by atoms with Gasteiger partial charge in [-0.15, -0.1) is 0 Å². The smallest absolute Gasteiger partial charge is 0.310 e. The highest BCUT2D eigenvalue weighted by Gasteiger charge is 2.76. The zero-order valence-electron chi connectivity index (χ0n) is 8.13. The number of aliphatic carboxylic acids is 1. The summed E-state index contributed by atoms with van der Waals surface area (Å²) >= 11 is 0. The summed E-state index contributed by atoms with van der Waals surface area (Å²) in [5, 5.41) is 18.5. The van der Waals surface area contributed by atoms with Gasteiger partial charge in [-0.3, -0.25) is 4.79 Å². The molecule has 74 valence electrons. The fourth-order valence-electron chi connectivity index (χ4n) is 3.46. The van der Waals surface area contributed by atoms with Crippen molar-refractivity contribution in [3.05, 3.63) is 0 Å². The molecule has 0 amide bonds. The number of carboxylic acid groups (broad SMARTS) is 1. The molecular weight excluding hydrogens is 168 g/mol. The minimum absolute atomic E-state index is 0.106. The summed E-state index contributed by atoms with van der Waals surface area (Å²) in [7, 11) is 0. The Hall–Kier alpha value is -0.570. The van der Waals surface area contributed by atoms with Crippen LogP contribution in [-0.4, -0.2) is 22.8 Å². The molecule has 3 rings (SSSR count). The molecule has 3 aliphatic rings. The van der Waals surface area contributed by atoms with Crippen molar-refractivity contribution in [1.82, 2.24) is 0 Å². The fraction of sp³-hybridized carbons (Fsp3) is 0.900. The van der Waals surface area contributed by atoms with Gasteiger partial charge < -0.3 is 10.2 Å². The third-order valence-electron chi connectivity index (χ3n) is 4.90. The molecule has 3 saturated carbocycles. The first kappa shape index (κ1) is 9.00. The SMILES string of the molecule is CC1(C)[C@]2(CO)CC[C@@]1(C(=O)O)C2. The molecule has 2 bridgehead atoms. The van der Waals surface area contributed by atoms with Crippen LogP contribution in [0.1, 0.15) is 33.1 Å². The van der Waals surface area contributed by atoms with Crippen molar-refractivity contribution in [3.63, 3.8) is 0 Å². The first-order chi connectivity index (χ1) is 5.92. The van der Waals surface area contributed by atoms with E-state index in [0.717, 1.165) is 12.8 Å². The minimum Gasteiger partial charge on any atom is -0.481 e. The Bertz CT molecular complexity index is 271. The molecule has 3 nitrogen and oxygen atoms in total. The Labute approximate surface area is 77.8 Å². The molecular formula is C10H16O3. The molecule has 3 fully saturated rings. The molecule has 3 aliphatic carbocycles. The zero-order valence-corrected chi connectivity index (χ0v) is 8.13. The molecule has 0 aromatic carbocycles. The normalized spacial score (nSPS) is 45.8. The standard InChI is InChI=1S/C10H16O3/c1-8(2)9(6-11)3-4-10(8,5-9)7(12)13/h11H,3-6H2,1-2H3,(H,12,13)/t9-,10+/m1/s1. The van der Waals surface area contributed by atoms with E-state index in [-0.39, 0.29) is 17.4 Å². The number of aliphatic hydroxyl groups excluding tert-OH is 1. The van der Waals surface area contributed by atoms with Crippen molar-refractivity contribution in [3.8, 4) is 0 Å². The average Bonchev–Trinajstić information content (AvgIpc) is 2.55. The third kappa shape index (κ3) is 0.654. The summed E-state index contributed by atoms with van der Waals surface area (Å²) < 4.78 is 0. The second kappa shape index (κ2) is 2.08. The summed E-state index contributed by atoms with van der Waals surface area (Å²) in [6.45, 7) is 4.09. The summed E-state index contributed by atoms with van der Waals surface area (Å²) in [5.74, 6) is -0.681. The lowest BCUT2D eigenvalue weighted by Gasteiger charge is -2.59. The van der Waals surface area contributed by atoms with Crippen molar-refractivity contribution in [2.75, 3.05) is 6.61 Å².